The van der Waals surface area contributed by atoms with E-state index in [2.05, 4.69) is 16.0 Å². The van der Waals surface area contributed by atoms with Gasteiger partial charge in [0.05, 0.1) is 4.88 Å². The van der Waals surface area contributed by atoms with Gasteiger partial charge in [-0.25, -0.2) is 9.18 Å². The summed E-state index contributed by atoms with van der Waals surface area (Å²) in [6, 6.07) is 16.2. The van der Waals surface area contributed by atoms with Crippen molar-refractivity contribution in [2.45, 2.75) is 0 Å². The highest BCUT2D eigenvalue weighted by molar-refractivity contribution is 7.17. The number of urea groups is 1. The lowest BCUT2D eigenvalue weighted by atomic mass is 10.2. The van der Waals surface area contributed by atoms with Crippen molar-refractivity contribution in [1.29, 1.82) is 0 Å². The molecule has 5 nitrogen and oxygen atoms in total. The zero-order valence-corrected chi connectivity index (χ0v) is 14.7. The molecule has 3 rings (SSSR count). The van der Waals surface area contributed by atoms with E-state index >= 15 is 0 Å². The normalized spacial score (nSPS) is 10.2. The molecule has 0 atom stereocenters. The van der Waals surface area contributed by atoms with Crippen LogP contribution in [0.1, 0.15) is 9.67 Å². The smallest absolute Gasteiger partial charge is 0.318 e. The minimum absolute atomic E-state index is 0.227. The van der Waals surface area contributed by atoms with E-state index in [1.807, 2.05) is 6.07 Å². The topological polar surface area (TPSA) is 70.2 Å². The van der Waals surface area contributed by atoms with E-state index in [0.29, 0.717) is 16.3 Å². The van der Waals surface area contributed by atoms with Gasteiger partial charge >= 0.3 is 6.03 Å². The van der Waals surface area contributed by atoms with Crippen LogP contribution in [0.3, 0.4) is 0 Å². The molecule has 0 unspecified atom stereocenters. The summed E-state index contributed by atoms with van der Waals surface area (Å²) < 4.78 is 13.0. The van der Waals surface area contributed by atoms with Crippen LogP contribution >= 0.6 is 11.3 Å². The monoisotopic (exact) mass is 369 g/mol. The predicted molar refractivity (Wildman–Crippen MR) is 102 cm³/mol. The SMILES string of the molecule is CNC(=O)Nc1ccc(NC(=O)c2ccc(-c3ccc(F)cc3)s2)cc1. The average Bonchev–Trinajstić information content (AvgIpc) is 3.14. The van der Waals surface area contributed by atoms with E-state index < -0.39 is 0 Å². The molecule has 2 aromatic carbocycles. The molecule has 0 saturated carbocycles. The molecule has 3 N–H and O–H groups in total. The van der Waals surface area contributed by atoms with Crippen LogP contribution in [-0.4, -0.2) is 19.0 Å². The van der Waals surface area contributed by atoms with Gasteiger partial charge in [-0.1, -0.05) is 12.1 Å². The lowest BCUT2D eigenvalue weighted by molar-refractivity contribution is 0.103. The van der Waals surface area contributed by atoms with Crippen LogP contribution in [0.15, 0.2) is 60.7 Å². The van der Waals surface area contributed by atoms with Crippen molar-refractivity contribution in [2.75, 3.05) is 17.7 Å². The molecule has 3 aromatic rings. The number of carbonyl (C=O) groups is 2. The molecular weight excluding hydrogens is 353 g/mol. The van der Waals surface area contributed by atoms with Crippen LogP contribution in [0, 0.1) is 5.82 Å². The zero-order valence-electron chi connectivity index (χ0n) is 13.9. The van der Waals surface area contributed by atoms with Crippen molar-refractivity contribution >= 4 is 34.6 Å². The quantitative estimate of drug-likeness (QED) is 0.631. The summed E-state index contributed by atoms with van der Waals surface area (Å²) in [5.74, 6) is -0.520. The average molecular weight is 369 g/mol. The second-order valence-electron chi connectivity index (χ2n) is 5.41. The maximum absolute atomic E-state index is 13.0. The Labute approximate surface area is 153 Å². The van der Waals surface area contributed by atoms with E-state index in [1.165, 1.54) is 30.5 Å². The Balaban J connectivity index is 1.66. The number of carbonyl (C=O) groups excluding carboxylic acids is 2. The molecule has 132 valence electrons. The number of thiophene rings is 1. The number of hydrogen-bond donors (Lipinski definition) is 3. The van der Waals surface area contributed by atoms with Gasteiger partial charge in [-0.15, -0.1) is 11.3 Å². The number of halogens is 1. The third-order valence-electron chi connectivity index (χ3n) is 3.59. The standard InChI is InChI=1S/C19H16FN3O2S/c1-21-19(25)23-15-8-6-14(7-9-15)22-18(24)17-11-10-16(26-17)12-2-4-13(20)5-3-12/h2-11H,1H3,(H,22,24)(H2,21,23,25). The van der Waals surface area contributed by atoms with Gasteiger partial charge in [0.1, 0.15) is 5.82 Å². The predicted octanol–water partition coefficient (Wildman–Crippen LogP) is 4.56. The molecule has 0 fully saturated rings. The molecule has 0 aliphatic rings. The third kappa shape index (κ3) is 4.25. The molecule has 3 amide bonds. The second-order valence-corrected chi connectivity index (χ2v) is 6.49. The molecule has 0 saturated heterocycles. The number of rotatable bonds is 4. The first-order valence-electron chi connectivity index (χ1n) is 7.81. The third-order valence-corrected chi connectivity index (χ3v) is 4.72. The Hall–Kier alpha value is -3.19. The summed E-state index contributed by atoms with van der Waals surface area (Å²) in [6.07, 6.45) is 0. The lowest BCUT2D eigenvalue weighted by Crippen LogP contribution is -2.24. The lowest BCUT2D eigenvalue weighted by Gasteiger charge is -2.07. The highest BCUT2D eigenvalue weighted by Crippen LogP contribution is 2.28. The molecule has 26 heavy (non-hydrogen) atoms. The van der Waals surface area contributed by atoms with E-state index in [-0.39, 0.29) is 17.8 Å². The number of hydrogen-bond acceptors (Lipinski definition) is 3. The van der Waals surface area contributed by atoms with Crippen molar-refractivity contribution < 1.29 is 14.0 Å². The minimum Gasteiger partial charge on any atom is -0.341 e. The summed E-state index contributed by atoms with van der Waals surface area (Å²) in [4.78, 5) is 25.1. The molecular formula is C19H16FN3O2S. The Morgan fingerprint density at radius 3 is 2.08 bits per heavy atom. The van der Waals surface area contributed by atoms with Crippen molar-refractivity contribution in [1.82, 2.24) is 5.32 Å². The van der Waals surface area contributed by atoms with Gasteiger partial charge in [-0.3, -0.25) is 4.79 Å². The number of amides is 3. The van der Waals surface area contributed by atoms with Crippen molar-refractivity contribution in [2.24, 2.45) is 0 Å². The fourth-order valence-corrected chi connectivity index (χ4v) is 3.16. The van der Waals surface area contributed by atoms with Gasteiger partial charge in [-0.2, -0.15) is 0 Å². The zero-order chi connectivity index (χ0) is 18.5. The Morgan fingerprint density at radius 1 is 0.846 bits per heavy atom. The first kappa shape index (κ1) is 17.6. The molecule has 1 aromatic heterocycles. The van der Waals surface area contributed by atoms with Crippen molar-refractivity contribution in [3.05, 3.63) is 71.4 Å². The highest BCUT2D eigenvalue weighted by atomic mass is 32.1. The van der Waals surface area contributed by atoms with Gasteiger partial charge in [0.2, 0.25) is 0 Å². The first-order chi connectivity index (χ1) is 12.5. The molecule has 0 aliphatic carbocycles. The summed E-state index contributed by atoms with van der Waals surface area (Å²) >= 11 is 1.33. The van der Waals surface area contributed by atoms with Crippen molar-refractivity contribution in [3.63, 3.8) is 0 Å². The van der Waals surface area contributed by atoms with E-state index in [4.69, 9.17) is 0 Å². The molecule has 1 heterocycles. The summed E-state index contributed by atoms with van der Waals surface area (Å²) in [7, 11) is 1.53. The van der Waals surface area contributed by atoms with Crippen LogP contribution in [0.5, 0.6) is 0 Å². The molecule has 7 heteroatoms. The number of anilines is 2. The van der Waals surface area contributed by atoms with Crippen LogP contribution in [0.2, 0.25) is 0 Å². The Kier molecular flexibility index (Phi) is 5.28. The molecule has 0 bridgehead atoms. The first-order valence-corrected chi connectivity index (χ1v) is 8.63. The Bertz CT molecular complexity index is 921. The van der Waals surface area contributed by atoms with E-state index in [9.17, 15) is 14.0 Å². The van der Waals surface area contributed by atoms with Gasteiger partial charge in [0.25, 0.3) is 5.91 Å². The van der Waals surface area contributed by atoms with E-state index in [1.54, 1.807) is 42.5 Å². The maximum Gasteiger partial charge on any atom is 0.318 e. The summed E-state index contributed by atoms with van der Waals surface area (Å²) in [6.45, 7) is 0. The molecule has 0 aliphatic heterocycles. The van der Waals surface area contributed by atoms with Crippen LogP contribution in [-0.2, 0) is 0 Å². The van der Waals surface area contributed by atoms with Gasteiger partial charge in [0, 0.05) is 23.3 Å². The van der Waals surface area contributed by atoms with Crippen LogP contribution < -0.4 is 16.0 Å². The van der Waals surface area contributed by atoms with Crippen molar-refractivity contribution in [3.8, 4) is 10.4 Å². The van der Waals surface area contributed by atoms with E-state index in [0.717, 1.165) is 10.4 Å². The highest BCUT2D eigenvalue weighted by Gasteiger charge is 2.11. The Morgan fingerprint density at radius 2 is 1.46 bits per heavy atom. The van der Waals surface area contributed by atoms with Gasteiger partial charge < -0.3 is 16.0 Å². The second kappa shape index (κ2) is 7.79. The number of benzene rings is 2. The maximum atomic E-state index is 13.0. The largest absolute Gasteiger partial charge is 0.341 e. The summed E-state index contributed by atoms with van der Waals surface area (Å²) in [5, 5.41) is 7.91. The fraction of sp³-hybridized carbons (Fsp3) is 0.0526. The van der Waals surface area contributed by atoms with Crippen LogP contribution in [0.4, 0.5) is 20.6 Å². The minimum atomic E-state index is -0.311. The summed E-state index contributed by atoms with van der Waals surface area (Å²) in [5.41, 5.74) is 2.10. The molecule has 0 spiro atoms. The number of nitrogens with one attached hydrogen (secondary N) is 3. The van der Waals surface area contributed by atoms with Gasteiger partial charge in [-0.05, 0) is 54.1 Å². The van der Waals surface area contributed by atoms with Crippen LogP contribution in [0.25, 0.3) is 10.4 Å². The van der Waals surface area contributed by atoms with Gasteiger partial charge in [0.15, 0.2) is 0 Å². The molecule has 0 radical (unpaired) electrons. The fourth-order valence-electron chi connectivity index (χ4n) is 2.25.